The fourth-order valence-electron chi connectivity index (χ4n) is 7.01. The highest BCUT2D eigenvalue weighted by atomic mass is 16.6. The van der Waals surface area contributed by atoms with Crippen molar-refractivity contribution in [3.63, 3.8) is 0 Å². The number of likely N-dealkylation sites (tertiary alicyclic amines) is 1. The second-order valence-corrected chi connectivity index (χ2v) is 11.9. The third kappa shape index (κ3) is 6.05. The minimum absolute atomic E-state index is 0.0651. The predicted molar refractivity (Wildman–Crippen MR) is 160 cm³/mol. The summed E-state index contributed by atoms with van der Waals surface area (Å²) in [6, 6.07) is 7.35. The molecule has 0 saturated carbocycles. The number of methoxy groups -OCH3 is 1. The largest absolute Gasteiger partial charge is 0.455 e. The van der Waals surface area contributed by atoms with Crippen LogP contribution in [0.5, 0.6) is 0 Å². The maximum absolute atomic E-state index is 14.3. The molecule has 2 saturated heterocycles. The molecule has 4 aliphatic rings. The van der Waals surface area contributed by atoms with Crippen molar-refractivity contribution in [1.29, 1.82) is 0 Å². The molecule has 44 heavy (non-hydrogen) atoms. The van der Waals surface area contributed by atoms with Gasteiger partial charge in [0, 0.05) is 33.2 Å². The van der Waals surface area contributed by atoms with Crippen LogP contribution in [0, 0.1) is 11.8 Å². The van der Waals surface area contributed by atoms with E-state index in [0.29, 0.717) is 25.1 Å². The minimum atomic E-state index is -1.36. The zero-order valence-electron chi connectivity index (χ0n) is 25.4. The van der Waals surface area contributed by atoms with Crippen LogP contribution in [0.4, 0.5) is 0 Å². The Balaban J connectivity index is 1.56. The lowest BCUT2D eigenvalue weighted by Crippen LogP contribution is -2.56. The average molecular weight is 610 g/mol. The molecular formula is C33H43N3O8. The molecular weight excluding hydrogens is 566 g/mol. The molecule has 1 aromatic carbocycles. The Bertz CT molecular complexity index is 1270. The standard InChI is InChI=1S/C33H43N3O8/c1-3-4-10-17-35-18-11-6-9-14-25(38)34-23(21-42-2)28(22-12-7-5-8-13-22)43-32(41)26-24-15-16-33(44-24)27(26)30(39)36(19-20-37)29(33)31(35)40/h5-8,11-13,15-16,23-24,26-29,37H,3-4,9-10,14,17-21H2,1-2H3,(H,34,38)/b11-6-/t23-,24+,26-,27-,28-,29+,33-/m1/s1. The van der Waals surface area contributed by atoms with E-state index in [0.717, 1.165) is 19.3 Å². The van der Waals surface area contributed by atoms with E-state index in [9.17, 15) is 24.3 Å². The fraction of sp³-hybridized carbons (Fsp3) is 0.576. The van der Waals surface area contributed by atoms with Gasteiger partial charge in [-0.15, -0.1) is 0 Å². The Kier molecular flexibility index (Phi) is 10.2. The molecule has 2 N–H and O–H groups in total. The summed E-state index contributed by atoms with van der Waals surface area (Å²) in [4.78, 5) is 58.7. The topological polar surface area (TPSA) is 135 Å². The van der Waals surface area contributed by atoms with Crippen LogP contribution in [0.25, 0.3) is 0 Å². The van der Waals surface area contributed by atoms with E-state index in [4.69, 9.17) is 14.2 Å². The summed E-state index contributed by atoms with van der Waals surface area (Å²) in [7, 11) is 1.51. The second kappa shape index (κ2) is 14.0. The highest BCUT2D eigenvalue weighted by Crippen LogP contribution is 2.55. The molecule has 238 valence electrons. The van der Waals surface area contributed by atoms with E-state index in [1.165, 1.54) is 12.0 Å². The van der Waals surface area contributed by atoms with Crippen LogP contribution in [-0.4, -0.2) is 102 Å². The minimum Gasteiger partial charge on any atom is -0.455 e. The molecule has 11 nitrogen and oxygen atoms in total. The van der Waals surface area contributed by atoms with Crippen molar-refractivity contribution < 1.29 is 38.5 Å². The van der Waals surface area contributed by atoms with Crippen molar-refractivity contribution in [2.24, 2.45) is 11.8 Å². The zero-order chi connectivity index (χ0) is 31.3. The van der Waals surface area contributed by atoms with Gasteiger partial charge >= 0.3 is 5.97 Å². The molecule has 1 spiro atoms. The number of hydrogen-bond acceptors (Lipinski definition) is 8. The number of β-amino-alcohol motifs (C(OH)–C–C–N with tert-alkyl or cyclic N) is 1. The molecule has 5 bridgehead atoms. The van der Waals surface area contributed by atoms with Crippen LogP contribution < -0.4 is 5.32 Å². The number of carbonyl (C=O) groups is 4. The normalized spacial score (nSPS) is 33.0. The number of rotatable bonds is 9. The summed E-state index contributed by atoms with van der Waals surface area (Å²) >= 11 is 0. The van der Waals surface area contributed by atoms with Gasteiger partial charge in [0.1, 0.15) is 23.7 Å². The number of fused-ring (bicyclic) bond motifs is 2. The molecule has 0 aliphatic carbocycles. The summed E-state index contributed by atoms with van der Waals surface area (Å²) in [5, 5.41) is 12.9. The summed E-state index contributed by atoms with van der Waals surface area (Å²) in [6.07, 6.45) is 8.89. The first-order chi connectivity index (χ1) is 21.4. The Morgan fingerprint density at radius 1 is 1.07 bits per heavy atom. The van der Waals surface area contributed by atoms with E-state index in [1.54, 1.807) is 17.1 Å². The van der Waals surface area contributed by atoms with Gasteiger partial charge in [-0.1, -0.05) is 74.4 Å². The SMILES string of the molecule is CCCCCN1C/C=C\CCC(=O)N[C@H](COC)[C@@H](c2ccccc2)OC(=O)[C@@H]2[C@@H]3C=C[C@]4(O3)[C@H](C1=O)N(CCO)C(=O)[C@@H]24. The van der Waals surface area contributed by atoms with Crippen LogP contribution in [0.3, 0.4) is 0 Å². The van der Waals surface area contributed by atoms with Gasteiger partial charge < -0.3 is 34.4 Å². The van der Waals surface area contributed by atoms with Gasteiger partial charge in [-0.3, -0.25) is 19.2 Å². The van der Waals surface area contributed by atoms with E-state index in [2.05, 4.69) is 12.2 Å². The summed E-state index contributed by atoms with van der Waals surface area (Å²) < 4.78 is 18.1. The monoisotopic (exact) mass is 609 g/mol. The van der Waals surface area contributed by atoms with Gasteiger partial charge in [-0.2, -0.15) is 0 Å². The van der Waals surface area contributed by atoms with Crippen molar-refractivity contribution >= 4 is 23.7 Å². The number of esters is 1. The van der Waals surface area contributed by atoms with Crippen LogP contribution >= 0.6 is 0 Å². The number of nitrogens with zero attached hydrogens (tertiary/aromatic N) is 2. The number of ether oxygens (including phenoxy) is 3. The molecule has 0 aromatic heterocycles. The third-order valence-electron chi connectivity index (χ3n) is 9.02. The van der Waals surface area contributed by atoms with Gasteiger partial charge in [0.15, 0.2) is 0 Å². The lowest BCUT2D eigenvalue weighted by atomic mass is 9.74. The second-order valence-electron chi connectivity index (χ2n) is 11.9. The van der Waals surface area contributed by atoms with E-state index in [-0.39, 0.29) is 38.0 Å². The van der Waals surface area contributed by atoms with Crippen LogP contribution in [-0.2, 0) is 33.4 Å². The van der Waals surface area contributed by atoms with Gasteiger partial charge in [0.05, 0.1) is 31.3 Å². The van der Waals surface area contributed by atoms with Gasteiger partial charge in [-0.25, -0.2) is 0 Å². The van der Waals surface area contributed by atoms with Crippen molar-refractivity contribution in [3.8, 4) is 0 Å². The number of allylic oxidation sites excluding steroid dienone is 1. The number of aliphatic hydroxyl groups is 1. The Morgan fingerprint density at radius 2 is 1.86 bits per heavy atom. The van der Waals surface area contributed by atoms with Crippen LogP contribution in [0.15, 0.2) is 54.6 Å². The molecule has 1 aromatic rings. The van der Waals surface area contributed by atoms with Crippen molar-refractivity contribution in [3.05, 3.63) is 60.2 Å². The molecule has 0 unspecified atom stereocenters. The van der Waals surface area contributed by atoms with Gasteiger partial charge in [-0.05, 0) is 18.4 Å². The molecule has 2 fully saturated rings. The maximum Gasteiger partial charge on any atom is 0.313 e. The highest BCUT2D eigenvalue weighted by Gasteiger charge is 2.73. The number of aliphatic hydroxyl groups excluding tert-OH is 1. The molecule has 7 atom stereocenters. The summed E-state index contributed by atoms with van der Waals surface area (Å²) in [5.41, 5.74) is -0.702. The summed E-state index contributed by atoms with van der Waals surface area (Å²) in [6.45, 7) is 2.53. The quantitative estimate of drug-likeness (QED) is 0.246. The molecule has 4 heterocycles. The lowest BCUT2D eigenvalue weighted by molar-refractivity contribution is -0.162. The molecule has 5 rings (SSSR count). The van der Waals surface area contributed by atoms with Gasteiger partial charge in [0.2, 0.25) is 17.7 Å². The number of unbranched alkanes of at least 4 members (excludes halogenated alkanes) is 2. The molecule has 4 aliphatic heterocycles. The maximum atomic E-state index is 14.3. The Labute approximate surface area is 258 Å². The number of benzene rings is 1. The van der Waals surface area contributed by atoms with Crippen LogP contribution in [0.1, 0.15) is 50.7 Å². The van der Waals surface area contributed by atoms with Crippen molar-refractivity contribution in [2.45, 2.75) is 68.9 Å². The van der Waals surface area contributed by atoms with Crippen molar-refractivity contribution in [1.82, 2.24) is 15.1 Å². The van der Waals surface area contributed by atoms with Crippen molar-refractivity contribution in [2.75, 3.05) is 40.0 Å². The highest BCUT2D eigenvalue weighted by molar-refractivity contribution is 5.99. The first-order valence-corrected chi connectivity index (χ1v) is 15.6. The summed E-state index contributed by atoms with van der Waals surface area (Å²) in [5.74, 6) is -3.62. The fourth-order valence-corrected chi connectivity index (χ4v) is 7.01. The molecule has 0 radical (unpaired) electrons. The first-order valence-electron chi connectivity index (χ1n) is 15.6. The number of carbonyl (C=O) groups excluding carboxylic acids is 4. The van der Waals surface area contributed by atoms with Crippen LogP contribution in [0.2, 0.25) is 0 Å². The lowest BCUT2D eigenvalue weighted by Gasteiger charge is -2.35. The third-order valence-corrected chi connectivity index (χ3v) is 9.02. The smallest absolute Gasteiger partial charge is 0.313 e. The average Bonchev–Trinajstić information content (AvgIpc) is 3.66. The number of amides is 3. The van der Waals surface area contributed by atoms with E-state index < -0.39 is 53.6 Å². The Hall–Kier alpha value is -3.54. The number of hydrogen-bond donors (Lipinski definition) is 2. The number of nitrogens with one attached hydrogen (secondary N) is 1. The predicted octanol–water partition coefficient (Wildman–Crippen LogP) is 1.91. The molecule has 3 amide bonds. The van der Waals surface area contributed by atoms with E-state index in [1.807, 2.05) is 42.5 Å². The first kappa shape index (κ1) is 31.9. The number of cyclic esters (lactones) is 1. The molecule has 11 heteroatoms. The van der Waals surface area contributed by atoms with E-state index >= 15 is 0 Å². The van der Waals surface area contributed by atoms with Gasteiger partial charge in [0.25, 0.3) is 0 Å². The Morgan fingerprint density at radius 3 is 2.59 bits per heavy atom. The zero-order valence-corrected chi connectivity index (χ0v) is 25.4.